The minimum Gasteiger partial charge on any atom is -0.488 e. The van der Waals surface area contributed by atoms with Crippen molar-refractivity contribution in [3.05, 3.63) is 112 Å². The van der Waals surface area contributed by atoms with Crippen LogP contribution in [0.5, 0.6) is 5.75 Å². The predicted molar refractivity (Wildman–Crippen MR) is 138 cm³/mol. The quantitative estimate of drug-likeness (QED) is 0.247. The van der Waals surface area contributed by atoms with E-state index in [1.807, 2.05) is 42.5 Å². The van der Waals surface area contributed by atoms with E-state index in [4.69, 9.17) is 4.74 Å². The summed E-state index contributed by atoms with van der Waals surface area (Å²) in [5.41, 5.74) is 1.30. The van der Waals surface area contributed by atoms with E-state index < -0.39 is 23.7 Å². The molecule has 0 spiro atoms. The van der Waals surface area contributed by atoms with Gasteiger partial charge in [-0.3, -0.25) is 14.9 Å². The van der Waals surface area contributed by atoms with Crippen LogP contribution in [0, 0.1) is 5.82 Å². The highest BCUT2D eigenvalue weighted by atomic mass is 79.9. The molecule has 5 rings (SSSR count). The molecule has 4 aromatic carbocycles. The molecule has 1 saturated heterocycles. The Kier molecular flexibility index (Phi) is 6.35. The van der Waals surface area contributed by atoms with Gasteiger partial charge in [0.05, 0.1) is 5.69 Å². The van der Waals surface area contributed by atoms with E-state index in [1.54, 1.807) is 18.2 Å². The van der Waals surface area contributed by atoms with Crippen LogP contribution in [-0.2, 0) is 16.2 Å². The van der Waals surface area contributed by atoms with E-state index in [1.165, 1.54) is 18.2 Å². The number of urea groups is 1. The molecule has 1 N–H and O–H groups in total. The fourth-order valence-electron chi connectivity index (χ4n) is 3.89. The van der Waals surface area contributed by atoms with Gasteiger partial charge in [0.1, 0.15) is 23.7 Å². The van der Waals surface area contributed by atoms with E-state index in [0.29, 0.717) is 15.8 Å². The van der Waals surface area contributed by atoms with Crippen LogP contribution in [0.15, 0.2) is 95.0 Å². The number of hydrogen-bond donors (Lipinski definition) is 1. The Morgan fingerprint density at radius 2 is 1.64 bits per heavy atom. The highest BCUT2D eigenvalue weighted by molar-refractivity contribution is 9.10. The van der Waals surface area contributed by atoms with Gasteiger partial charge in [0.25, 0.3) is 11.8 Å². The molecule has 1 aliphatic rings. The zero-order valence-corrected chi connectivity index (χ0v) is 20.3. The summed E-state index contributed by atoms with van der Waals surface area (Å²) in [6.45, 7) is 0.267. The Balaban J connectivity index is 1.45. The fraction of sp³-hybridized carbons (Fsp3) is 0.0357. The second kappa shape index (κ2) is 9.75. The highest BCUT2D eigenvalue weighted by Crippen LogP contribution is 2.29. The third-order valence-electron chi connectivity index (χ3n) is 5.67. The number of amides is 4. The molecule has 8 heteroatoms. The van der Waals surface area contributed by atoms with Crippen LogP contribution in [0.4, 0.5) is 14.9 Å². The number of barbiturate groups is 1. The SMILES string of the molecule is O=C1NC(=O)N(c2ccc(F)cc2)C(=O)/C1=C/c1cc(Br)ccc1OCc1ccc2ccccc2c1. The van der Waals surface area contributed by atoms with Crippen molar-refractivity contribution in [2.45, 2.75) is 6.61 Å². The van der Waals surface area contributed by atoms with Crippen LogP contribution in [0.1, 0.15) is 11.1 Å². The molecule has 4 aromatic rings. The largest absolute Gasteiger partial charge is 0.488 e. The van der Waals surface area contributed by atoms with Gasteiger partial charge in [-0.1, -0.05) is 52.3 Å². The van der Waals surface area contributed by atoms with Crippen molar-refractivity contribution in [2.24, 2.45) is 0 Å². The van der Waals surface area contributed by atoms with Crippen LogP contribution >= 0.6 is 15.9 Å². The standard InChI is InChI=1S/C28H18BrFN2O4/c29-21-7-12-25(36-16-17-5-6-18-3-1-2-4-19(18)13-17)20(14-21)15-24-26(33)31-28(35)32(27(24)34)23-10-8-22(30)9-11-23/h1-15H,16H2,(H,31,33,35)/b24-15+. The Morgan fingerprint density at radius 1 is 0.889 bits per heavy atom. The van der Waals surface area contributed by atoms with Crippen molar-refractivity contribution in [2.75, 3.05) is 4.90 Å². The average Bonchev–Trinajstić information content (AvgIpc) is 2.87. The van der Waals surface area contributed by atoms with Crippen molar-refractivity contribution < 1.29 is 23.5 Å². The first-order valence-corrected chi connectivity index (χ1v) is 11.8. The van der Waals surface area contributed by atoms with Crippen molar-refractivity contribution in [1.29, 1.82) is 0 Å². The van der Waals surface area contributed by atoms with Gasteiger partial charge in [-0.25, -0.2) is 14.1 Å². The number of ether oxygens (including phenoxy) is 1. The Bertz CT molecular complexity index is 1550. The van der Waals surface area contributed by atoms with Crippen molar-refractivity contribution in [3.8, 4) is 5.75 Å². The molecule has 0 aromatic heterocycles. The third-order valence-corrected chi connectivity index (χ3v) is 6.16. The van der Waals surface area contributed by atoms with E-state index in [2.05, 4.69) is 21.2 Å². The first kappa shape index (κ1) is 23.4. The van der Waals surface area contributed by atoms with Crippen molar-refractivity contribution >= 4 is 56.3 Å². The summed E-state index contributed by atoms with van der Waals surface area (Å²) in [4.78, 5) is 38.9. The number of nitrogens with zero attached hydrogens (tertiary/aromatic N) is 1. The number of halogens is 2. The van der Waals surface area contributed by atoms with Gasteiger partial charge in [0.2, 0.25) is 0 Å². The summed E-state index contributed by atoms with van der Waals surface area (Å²) < 4.78 is 20.1. The maximum atomic E-state index is 13.3. The third kappa shape index (κ3) is 4.76. The number of benzene rings is 4. The first-order chi connectivity index (χ1) is 17.4. The lowest BCUT2D eigenvalue weighted by Crippen LogP contribution is -2.54. The zero-order valence-electron chi connectivity index (χ0n) is 18.7. The molecule has 4 amide bonds. The van der Waals surface area contributed by atoms with Gasteiger partial charge >= 0.3 is 6.03 Å². The lowest BCUT2D eigenvalue weighted by atomic mass is 10.1. The summed E-state index contributed by atoms with van der Waals surface area (Å²) in [6, 6.07) is 23.2. The Labute approximate surface area is 214 Å². The normalized spacial score (nSPS) is 14.9. The number of imide groups is 2. The van der Waals surface area contributed by atoms with Crippen LogP contribution in [0.3, 0.4) is 0 Å². The second-order valence-corrected chi connectivity index (χ2v) is 9.00. The molecule has 36 heavy (non-hydrogen) atoms. The average molecular weight is 545 g/mol. The molecular formula is C28H18BrFN2O4. The molecule has 1 aliphatic heterocycles. The van der Waals surface area contributed by atoms with Gasteiger partial charge in [-0.2, -0.15) is 0 Å². The van der Waals surface area contributed by atoms with Crippen molar-refractivity contribution in [1.82, 2.24) is 5.32 Å². The van der Waals surface area contributed by atoms with E-state index in [0.717, 1.165) is 33.4 Å². The lowest BCUT2D eigenvalue weighted by Gasteiger charge is -2.26. The van der Waals surface area contributed by atoms with Gasteiger partial charge in [0.15, 0.2) is 0 Å². The monoisotopic (exact) mass is 544 g/mol. The molecule has 0 aliphatic carbocycles. The van der Waals surface area contributed by atoms with Gasteiger partial charge in [-0.05, 0) is 70.9 Å². The molecule has 0 bridgehead atoms. The molecule has 0 saturated carbocycles. The lowest BCUT2D eigenvalue weighted by molar-refractivity contribution is -0.122. The second-order valence-electron chi connectivity index (χ2n) is 8.09. The molecule has 0 unspecified atom stereocenters. The number of carbonyl (C=O) groups excluding carboxylic acids is 3. The van der Waals surface area contributed by atoms with Crippen LogP contribution < -0.4 is 15.0 Å². The van der Waals surface area contributed by atoms with E-state index in [-0.39, 0.29) is 17.9 Å². The van der Waals surface area contributed by atoms with Crippen LogP contribution in [0.2, 0.25) is 0 Å². The summed E-state index contributed by atoms with van der Waals surface area (Å²) in [5, 5.41) is 4.38. The summed E-state index contributed by atoms with van der Waals surface area (Å²) in [7, 11) is 0. The van der Waals surface area contributed by atoms with Gasteiger partial charge in [-0.15, -0.1) is 0 Å². The highest BCUT2D eigenvalue weighted by Gasteiger charge is 2.37. The maximum absolute atomic E-state index is 13.3. The van der Waals surface area contributed by atoms with Gasteiger partial charge < -0.3 is 4.74 Å². The predicted octanol–water partition coefficient (Wildman–Crippen LogP) is 5.99. The minimum absolute atomic E-state index is 0.138. The number of hydrogen-bond acceptors (Lipinski definition) is 4. The maximum Gasteiger partial charge on any atom is 0.335 e. The summed E-state index contributed by atoms with van der Waals surface area (Å²) in [5.74, 6) is -1.72. The Morgan fingerprint density at radius 3 is 2.42 bits per heavy atom. The first-order valence-electron chi connectivity index (χ1n) is 11.0. The molecule has 0 radical (unpaired) electrons. The van der Waals surface area contributed by atoms with Crippen LogP contribution in [0.25, 0.3) is 16.8 Å². The smallest absolute Gasteiger partial charge is 0.335 e. The van der Waals surface area contributed by atoms with Gasteiger partial charge in [0, 0.05) is 10.0 Å². The van der Waals surface area contributed by atoms with Crippen molar-refractivity contribution in [3.63, 3.8) is 0 Å². The zero-order chi connectivity index (χ0) is 25.2. The molecule has 1 heterocycles. The summed E-state index contributed by atoms with van der Waals surface area (Å²) >= 11 is 3.41. The van der Waals surface area contributed by atoms with E-state index >= 15 is 0 Å². The molecule has 1 fully saturated rings. The number of nitrogens with one attached hydrogen (secondary N) is 1. The summed E-state index contributed by atoms with van der Waals surface area (Å²) in [6.07, 6.45) is 1.38. The Hall–Kier alpha value is -4.30. The number of anilines is 1. The number of carbonyl (C=O) groups is 3. The fourth-order valence-corrected chi connectivity index (χ4v) is 4.27. The number of fused-ring (bicyclic) bond motifs is 1. The number of rotatable bonds is 5. The molecule has 0 atom stereocenters. The van der Waals surface area contributed by atoms with Crippen LogP contribution in [-0.4, -0.2) is 17.8 Å². The minimum atomic E-state index is -0.907. The molecule has 178 valence electrons. The topological polar surface area (TPSA) is 75.7 Å². The van der Waals surface area contributed by atoms with E-state index in [9.17, 15) is 18.8 Å². The molecular weight excluding hydrogens is 527 g/mol. The molecule has 6 nitrogen and oxygen atoms in total.